The molecule has 3 fully saturated rings. The summed E-state index contributed by atoms with van der Waals surface area (Å²) in [6, 6.07) is 0. The first kappa shape index (κ1) is 3.92. The van der Waals surface area contributed by atoms with E-state index in [-0.39, 0.29) is 0 Å². The molecule has 44 valence electrons. The van der Waals surface area contributed by atoms with Crippen LogP contribution < -0.4 is 0 Å². The van der Waals surface area contributed by atoms with Crippen LogP contribution in [0.2, 0.25) is 0 Å². The molecule has 8 heavy (non-hydrogen) atoms. The van der Waals surface area contributed by atoms with Crippen LogP contribution in [0.4, 0.5) is 0 Å². The smallest absolute Gasteiger partial charge is 0.0212 e. The van der Waals surface area contributed by atoms with Crippen molar-refractivity contribution >= 4 is 0 Å². The summed E-state index contributed by atoms with van der Waals surface area (Å²) in [5.74, 6) is 3.55. The summed E-state index contributed by atoms with van der Waals surface area (Å²) >= 11 is 0. The van der Waals surface area contributed by atoms with Crippen LogP contribution in [0.3, 0.4) is 0 Å². The highest BCUT2D eigenvalue weighted by Crippen LogP contribution is 2.82. The summed E-state index contributed by atoms with van der Waals surface area (Å²) in [6.07, 6.45) is 4.78. The first-order valence-electron chi connectivity index (χ1n) is 3.84. The predicted molar refractivity (Wildman–Crippen MR) is 32.4 cm³/mol. The standard InChI is InChI=1S/C8H12/c1-5-2-6-3-7-4-8(5,6)7/h5-7H,2-4H2,1H3. The molecule has 0 radical (unpaired) electrons. The molecule has 4 unspecified atom stereocenters. The topological polar surface area (TPSA) is 0 Å². The van der Waals surface area contributed by atoms with Crippen LogP contribution in [0.1, 0.15) is 26.2 Å². The summed E-state index contributed by atoms with van der Waals surface area (Å²) < 4.78 is 0. The van der Waals surface area contributed by atoms with Gasteiger partial charge in [0.25, 0.3) is 0 Å². The van der Waals surface area contributed by atoms with E-state index in [2.05, 4.69) is 6.92 Å². The largest absolute Gasteiger partial charge is 0.0619 e. The first-order valence-corrected chi connectivity index (χ1v) is 3.84. The summed E-state index contributed by atoms with van der Waals surface area (Å²) in [6.45, 7) is 2.44. The van der Waals surface area contributed by atoms with Gasteiger partial charge in [-0.25, -0.2) is 0 Å². The van der Waals surface area contributed by atoms with E-state index in [0.717, 1.165) is 11.3 Å². The molecule has 0 heterocycles. The average Bonchev–Trinajstić information content (AvgIpc) is 2.39. The van der Waals surface area contributed by atoms with Gasteiger partial charge in [0.1, 0.15) is 0 Å². The quantitative estimate of drug-likeness (QED) is 0.445. The van der Waals surface area contributed by atoms with Gasteiger partial charge in [0.2, 0.25) is 0 Å². The Hall–Kier alpha value is 0. The lowest BCUT2D eigenvalue weighted by atomic mass is 9.52. The third-order valence-electron chi connectivity index (χ3n) is 4.08. The summed E-state index contributed by atoms with van der Waals surface area (Å²) in [4.78, 5) is 0. The molecule has 0 aromatic carbocycles. The molecule has 0 aromatic rings. The highest BCUT2D eigenvalue weighted by molar-refractivity contribution is 5.23. The molecule has 0 aromatic heterocycles. The minimum Gasteiger partial charge on any atom is -0.0619 e. The van der Waals surface area contributed by atoms with E-state index in [9.17, 15) is 0 Å². The zero-order valence-corrected chi connectivity index (χ0v) is 5.35. The third-order valence-corrected chi connectivity index (χ3v) is 4.08. The molecule has 0 saturated heterocycles. The molecule has 4 atom stereocenters. The van der Waals surface area contributed by atoms with Gasteiger partial charge >= 0.3 is 0 Å². The highest BCUT2D eigenvalue weighted by atomic mass is 14.8. The van der Waals surface area contributed by atoms with Crippen LogP contribution in [-0.2, 0) is 0 Å². The lowest BCUT2D eigenvalue weighted by Crippen LogP contribution is -2.45. The Kier molecular flexibility index (Phi) is 0.381. The maximum Gasteiger partial charge on any atom is -0.0212 e. The minimum atomic E-state index is 0.986. The van der Waals surface area contributed by atoms with Gasteiger partial charge < -0.3 is 0 Å². The van der Waals surface area contributed by atoms with Crippen molar-refractivity contribution in [2.24, 2.45) is 23.2 Å². The molecule has 3 aliphatic carbocycles. The molecule has 3 aliphatic rings. The van der Waals surface area contributed by atoms with Crippen molar-refractivity contribution in [2.75, 3.05) is 0 Å². The van der Waals surface area contributed by atoms with Gasteiger partial charge in [-0.2, -0.15) is 0 Å². The Morgan fingerprint density at radius 3 is 2.38 bits per heavy atom. The lowest BCUT2D eigenvalue weighted by Gasteiger charge is -2.52. The van der Waals surface area contributed by atoms with Crippen LogP contribution in [0.25, 0.3) is 0 Å². The molecule has 1 spiro atoms. The second-order valence-electron chi connectivity index (χ2n) is 4.08. The van der Waals surface area contributed by atoms with Crippen molar-refractivity contribution in [3.05, 3.63) is 0 Å². The van der Waals surface area contributed by atoms with Gasteiger partial charge in [-0.1, -0.05) is 6.92 Å². The van der Waals surface area contributed by atoms with Crippen LogP contribution in [0.15, 0.2) is 0 Å². The van der Waals surface area contributed by atoms with Gasteiger partial charge in [0.05, 0.1) is 0 Å². The lowest BCUT2D eigenvalue weighted by molar-refractivity contribution is -0.0355. The number of hydrogen-bond donors (Lipinski definition) is 0. The van der Waals surface area contributed by atoms with E-state index >= 15 is 0 Å². The van der Waals surface area contributed by atoms with Crippen molar-refractivity contribution < 1.29 is 0 Å². The molecule has 0 amide bonds. The number of hydrogen-bond acceptors (Lipinski definition) is 0. The van der Waals surface area contributed by atoms with Gasteiger partial charge in [-0.05, 0) is 42.4 Å². The second-order valence-corrected chi connectivity index (χ2v) is 4.08. The second kappa shape index (κ2) is 0.778. The van der Waals surface area contributed by atoms with Crippen molar-refractivity contribution in [1.29, 1.82) is 0 Å². The fraction of sp³-hybridized carbons (Fsp3) is 1.00. The van der Waals surface area contributed by atoms with Gasteiger partial charge in [0, 0.05) is 0 Å². The number of rotatable bonds is 0. The Labute approximate surface area is 50.3 Å². The van der Waals surface area contributed by atoms with Crippen molar-refractivity contribution in [3.63, 3.8) is 0 Å². The fourth-order valence-electron chi connectivity index (χ4n) is 3.38. The summed E-state index contributed by atoms with van der Waals surface area (Å²) in [5.41, 5.74) is 0.986. The van der Waals surface area contributed by atoms with Crippen LogP contribution >= 0.6 is 0 Å². The zero-order chi connectivity index (χ0) is 5.35. The summed E-state index contributed by atoms with van der Waals surface area (Å²) in [7, 11) is 0. The average molecular weight is 108 g/mol. The Morgan fingerprint density at radius 1 is 1.25 bits per heavy atom. The Balaban J connectivity index is 1.99. The molecule has 0 heteroatoms. The van der Waals surface area contributed by atoms with E-state index in [1.165, 1.54) is 11.8 Å². The molecule has 3 saturated carbocycles. The van der Waals surface area contributed by atoms with Crippen LogP contribution in [0.5, 0.6) is 0 Å². The Bertz CT molecular complexity index is 144. The van der Waals surface area contributed by atoms with E-state index in [1.807, 2.05) is 0 Å². The van der Waals surface area contributed by atoms with Gasteiger partial charge in [0.15, 0.2) is 0 Å². The molecular weight excluding hydrogens is 96.1 g/mol. The van der Waals surface area contributed by atoms with Crippen LogP contribution in [-0.4, -0.2) is 0 Å². The highest BCUT2D eigenvalue weighted by Gasteiger charge is 2.75. The van der Waals surface area contributed by atoms with Crippen molar-refractivity contribution in [1.82, 2.24) is 0 Å². The monoisotopic (exact) mass is 108 g/mol. The van der Waals surface area contributed by atoms with E-state index in [0.29, 0.717) is 0 Å². The maximum absolute atomic E-state index is 2.44. The van der Waals surface area contributed by atoms with Crippen LogP contribution in [0, 0.1) is 23.2 Å². The molecule has 0 bridgehead atoms. The molecule has 0 nitrogen and oxygen atoms in total. The fourth-order valence-corrected chi connectivity index (χ4v) is 3.38. The molecule has 0 aliphatic heterocycles. The SMILES string of the molecule is CC1CC2CC3CC123. The summed E-state index contributed by atoms with van der Waals surface area (Å²) in [5, 5.41) is 0. The van der Waals surface area contributed by atoms with Crippen molar-refractivity contribution in [3.8, 4) is 0 Å². The molecule has 0 N–H and O–H groups in total. The predicted octanol–water partition coefficient (Wildman–Crippen LogP) is 2.05. The minimum absolute atomic E-state index is 0.986. The molecule has 3 rings (SSSR count). The third kappa shape index (κ3) is 0.178. The zero-order valence-electron chi connectivity index (χ0n) is 5.35. The maximum atomic E-state index is 2.44. The van der Waals surface area contributed by atoms with E-state index < -0.39 is 0 Å². The Morgan fingerprint density at radius 2 is 2.12 bits per heavy atom. The van der Waals surface area contributed by atoms with E-state index in [1.54, 1.807) is 19.3 Å². The van der Waals surface area contributed by atoms with E-state index in [4.69, 9.17) is 0 Å². The normalized spacial score (nSPS) is 73.9. The van der Waals surface area contributed by atoms with Gasteiger partial charge in [-0.15, -0.1) is 0 Å². The molecular formula is C8H12. The van der Waals surface area contributed by atoms with Gasteiger partial charge in [-0.3, -0.25) is 0 Å². The first-order chi connectivity index (χ1) is 3.84. The van der Waals surface area contributed by atoms with Crippen molar-refractivity contribution in [2.45, 2.75) is 26.2 Å².